The average molecular weight is 480 g/mol. The van der Waals surface area contributed by atoms with Crippen molar-refractivity contribution in [2.75, 3.05) is 0 Å². The summed E-state index contributed by atoms with van der Waals surface area (Å²) in [7, 11) is 0. The van der Waals surface area contributed by atoms with E-state index in [9.17, 15) is 9.90 Å². The summed E-state index contributed by atoms with van der Waals surface area (Å²) in [5.74, 6) is -0.630. The largest absolute Gasteiger partial charge is 0.480 e. The first-order valence-corrected chi connectivity index (χ1v) is 15.2. The van der Waals surface area contributed by atoms with E-state index >= 15 is 0 Å². The van der Waals surface area contributed by atoms with Crippen molar-refractivity contribution in [1.82, 2.24) is 4.90 Å². The van der Waals surface area contributed by atoms with Crippen LogP contribution in [0.1, 0.15) is 176 Å². The van der Waals surface area contributed by atoms with E-state index in [0.29, 0.717) is 0 Å². The molecule has 3 nitrogen and oxygen atoms in total. The highest BCUT2D eigenvalue weighted by atomic mass is 16.4. The predicted octanol–water partition coefficient (Wildman–Crippen LogP) is 9.91. The van der Waals surface area contributed by atoms with E-state index in [2.05, 4.69) is 39.5 Å². The quantitative estimate of drug-likeness (QED) is 0.166. The fourth-order valence-electron chi connectivity index (χ4n) is 6.46. The van der Waals surface area contributed by atoms with Gasteiger partial charge in [-0.2, -0.15) is 0 Å². The van der Waals surface area contributed by atoms with Gasteiger partial charge in [0, 0.05) is 11.1 Å². The van der Waals surface area contributed by atoms with Crippen LogP contribution in [-0.4, -0.2) is 33.1 Å². The number of hydrogen-bond donors (Lipinski definition) is 1. The number of aliphatic carboxylic acids is 1. The third-order valence-electron chi connectivity index (χ3n) is 8.31. The Labute approximate surface area is 213 Å². The molecule has 1 aliphatic rings. The number of carboxylic acids is 1. The van der Waals surface area contributed by atoms with E-state index in [1.807, 2.05) is 0 Å². The second-order valence-corrected chi connectivity index (χ2v) is 12.5. The van der Waals surface area contributed by atoms with Gasteiger partial charge in [0.1, 0.15) is 6.04 Å². The average Bonchev–Trinajstić information content (AvgIpc) is 2.75. The summed E-state index contributed by atoms with van der Waals surface area (Å²) in [6.45, 7) is 11.2. The van der Waals surface area contributed by atoms with E-state index in [-0.39, 0.29) is 17.1 Å². The Morgan fingerprint density at radius 3 is 1.29 bits per heavy atom. The number of nitrogens with zero attached hydrogens (tertiary/aromatic N) is 1. The summed E-state index contributed by atoms with van der Waals surface area (Å²) in [4.78, 5) is 14.5. The number of carboxylic acid groups (broad SMARTS) is 1. The SMILES string of the molecule is CCCCCCCCCCCCCCCCCCCCC(C(=O)O)N1C(C)(C)CCCC1(C)C. The summed E-state index contributed by atoms with van der Waals surface area (Å²) in [5, 5.41) is 9.99. The number of likely N-dealkylation sites (tertiary alicyclic amines) is 1. The van der Waals surface area contributed by atoms with Gasteiger partial charge in [-0.25, -0.2) is 0 Å². The van der Waals surface area contributed by atoms with E-state index in [0.717, 1.165) is 25.7 Å². The molecule has 0 radical (unpaired) electrons. The molecule has 1 heterocycles. The molecule has 34 heavy (non-hydrogen) atoms. The molecule has 1 atom stereocenters. The lowest BCUT2D eigenvalue weighted by Crippen LogP contribution is -2.64. The van der Waals surface area contributed by atoms with E-state index in [4.69, 9.17) is 0 Å². The van der Waals surface area contributed by atoms with Crippen molar-refractivity contribution in [2.45, 2.75) is 193 Å². The van der Waals surface area contributed by atoms with Gasteiger partial charge in [0.2, 0.25) is 0 Å². The maximum atomic E-state index is 12.1. The fraction of sp³-hybridized carbons (Fsp3) is 0.968. The highest BCUT2D eigenvalue weighted by Gasteiger charge is 2.46. The zero-order chi connectivity index (χ0) is 25.3. The van der Waals surface area contributed by atoms with Crippen molar-refractivity contribution in [1.29, 1.82) is 0 Å². The Morgan fingerprint density at radius 2 is 0.971 bits per heavy atom. The van der Waals surface area contributed by atoms with Crippen LogP contribution in [0.3, 0.4) is 0 Å². The molecule has 0 bridgehead atoms. The Kier molecular flexibility index (Phi) is 16.5. The molecule has 0 amide bonds. The van der Waals surface area contributed by atoms with Gasteiger partial charge in [-0.1, -0.05) is 122 Å². The van der Waals surface area contributed by atoms with Crippen molar-refractivity contribution < 1.29 is 9.90 Å². The summed E-state index contributed by atoms with van der Waals surface area (Å²) in [5.41, 5.74) is -0.0574. The molecule has 3 heteroatoms. The molecule has 1 saturated heterocycles. The van der Waals surface area contributed by atoms with Gasteiger partial charge in [0.05, 0.1) is 0 Å². The molecule has 1 rings (SSSR count). The number of rotatable bonds is 21. The molecule has 1 N–H and O–H groups in total. The fourth-order valence-corrected chi connectivity index (χ4v) is 6.46. The van der Waals surface area contributed by atoms with Crippen molar-refractivity contribution in [2.24, 2.45) is 0 Å². The van der Waals surface area contributed by atoms with Crippen LogP contribution in [0, 0.1) is 0 Å². The van der Waals surface area contributed by atoms with Gasteiger partial charge < -0.3 is 5.11 Å². The van der Waals surface area contributed by atoms with Crippen LogP contribution in [0.5, 0.6) is 0 Å². The number of carbonyl (C=O) groups is 1. The van der Waals surface area contributed by atoms with Crippen LogP contribution >= 0.6 is 0 Å². The van der Waals surface area contributed by atoms with Crippen LogP contribution < -0.4 is 0 Å². The van der Waals surface area contributed by atoms with E-state index < -0.39 is 5.97 Å². The summed E-state index contributed by atoms with van der Waals surface area (Å²) in [6, 6.07) is -0.341. The minimum Gasteiger partial charge on any atom is -0.480 e. The zero-order valence-corrected chi connectivity index (χ0v) is 23.9. The van der Waals surface area contributed by atoms with Gasteiger partial charge in [-0.05, 0) is 53.4 Å². The first-order valence-electron chi connectivity index (χ1n) is 15.2. The molecule has 0 aromatic rings. The molecular formula is C31H61NO2. The highest BCUT2D eigenvalue weighted by Crippen LogP contribution is 2.40. The van der Waals surface area contributed by atoms with Crippen LogP contribution in [0.15, 0.2) is 0 Å². The second-order valence-electron chi connectivity index (χ2n) is 12.5. The molecule has 202 valence electrons. The molecule has 0 spiro atoms. The zero-order valence-electron chi connectivity index (χ0n) is 23.9. The third-order valence-corrected chi connectivity index (χ3v) is 8.31. The maximum Gasteiger partial charge on any atom is 0.320 e. The van der Waals surface area contributed by atoms with Gasteiger partial charge in [0.25, 0.3) is 0 Å². The van der Waals surface area contributed by atoms with Crippen LogP contribution in [0.4, 0.5) is 0 Å². The van der Waals surface area contributed by atoms with Crippen molar-refractivity contribution in [3.63, 3.8) is 0 Å². The first kappa shape index (κ1) is 31.5. The van der Waals surface area contributed by atoms with E-state index in [1.165, 1.54) is 116 Å². The van der Waals surface area contributed by atoms with Gasteiger partial charge in [-0.3, -0.25) is 9.69 Å². The maximum absolute atomic E-state index is 12.1. The molecule has 0 aliphatic carbocycles. The minimum absolute atomic E-state index is 0.0287. The first-order chi connectivity index (χ1) is 16.2. The standard InChI is InChI=1S/C31H61NO2/c1-6-7-8-9-10-11-12-13-14-15-16-17-18-19-20-21-22-23-25-28(29(33)34)32-30(2,3)26-24-27-31(32,4)5/h28H,6-27H2,1-5H3,(H,33,34). The van der Waals surface area contributed by atoms with Crippen LogP contribution in [0.2, 0.25) is 0 Å². The predicted molar refractivity (Wildman–Crippen MR) is 149 cm³/mol. The summed E-state index contributed by atoms with van der Waals surface area (Å²) >= 11 is 0. The molecule has 0 saturated carbocycles. The highest BCUT2D eigenvalue weighted by molar-refractivity contribution is 5.73. The topological polar surface area (TPSA) is 40.5 Å². The van der Waals surface area contributed by atoms with Crippen LogP contribution in [-0.2, 0) is 4.79 Å². The van der Waals surface area contributed by atoms with Crippen molar-refractivity contribution in [3.8, 4) is 0 Å². The van der Waals surface area contributed by atoms with Crippen molar-refractivity contribution >= 4 is 5.97 Å². The van der Waals surface area contributed by atoms with Gasteiger partial charge in [-0.15, -0.1) is 0 Å². The lowest BCUT2D eigenvalue weighted by Gasteiger charge is -2.55. The van der Waals surface area contributed by atoms with Crippen molar-refractivity contribution in [3.05, 3.63) is 0 Å². The third kappa shape index (κ3) is 12.9. The van der Waals surface area contributed by atoms with Gasteiger partial charge in [0.15, 0.2) is 0 Å². The Balaban J connectivity index is 2.02. The number of unbranched alkanes of at least 4 members (excludes halogenated alkanes) is 17. The number of hydrogen-bond acceptors (Lipinski definition) is 2. The lowest BCUT2D eigenvalue weighted by molar-refractivity contribution is -0.154. The summed E-state index contributed by atoms with van der Waals surface area (Å²) < 4.78 is 0. The van der Waals surface area contributed by atoms with E-state index in [1.54, 1.807) is 0 Å². The second kappa shape index (κ2) is 17.8. The smallest absolute Gasteiger partial charge is 0.320 e. The Bertz CT molecular complexity index is 498. The normalized spacial score (nSPS) is 18.7. The van der Waals surface area contributed by atoms with Crippen LogP contribution in [0.25, 0.3) is 0 Å². The molecule has 0 aromatic carbocycles. The van der Waals surface area contributed by atoms with Gasteiger partial charge >= 0.3 is 5.97 Å². The Hall–Kier alpha value is -0.570. The molecule has 1 fully saturated rings. The lowest BCUT2D eigenvalue weighted by atomic mass is 9.78. The molecule has 1 unspecified atom stereocenters. The summed E-state index contributed by atoms with van der Waals surface area (Å²) in [6.07, 6.45) is 28.8. The molecule has 0 aromatic heterocycles. The Morgan fingerprint density at radius 1 is 0.647 bits per heavy atom. The molecular weight excluding hydrogens is 418 g/mol. The molecule has 1 aliphatic heterocycles. The monoisotopic (exact) mass is 479 g/mol. The number of piperidine rings is 1. The minimum atomic E-state index is -0.630.